The number of imidazole rings is 1. The number of hydrogen-bond donors (Lipinski definition) is 1. The SMILES string of the molecule is Nc1ncnc2c1ncn2CCC[As]. The second-order valence-electron chi connectivity index (χ2n) is 2.95. The zero-order valence-corrected chi connectivity index (χ0v) is 9.47. The molecule has 0 unspecified atom stereocenters. The van der Waals surface area contributed by atoms with Gasteiger partial charge in [0.2, 0.25) is 0 Å². The third-order valence-electron chi connectivity index (χ3n) is 1.99. The summed E-state index contributed by atoms with van der Waals surface area (Å²) in [6.45, 7) is 0.918. The predicted octanol–water partition coefficient (Wildman–Crippen LogP) is 0.385. The quantitative estimate of drug-likeness (QED) is 0.801. The molecule has 0 aliphatic carbocycles. The molecule has 2 heterocycles. The number of nitrogens with two attached hydrogens (primary N) is 1. The summed E-state index contributed by atoms with van der Waals surface area (Å²) in [6, 6.07) is 0. The molecule has 0 spiro atoms. The number of aryl methyl sites for hydroxylation is 1. The number of rotatable bonds is 3. The molecule has 2 N–H and O–H groups in total. The van der Waals surface area contributed by atoms with Crippen LogP contribution in [0.15, 0.2) is 12.7 Å². The fraction of sp³-hybridized carbons (Fsp3) is 0.375. The average Bonchev–Trinajstić information content (AvgIpc) is 2.60. The van der Waals surface area contributed by atoms with Crippen molar-refractivity contribution in [3.63, 3.8) is 0 Å². The van der Waals surface area contributed by atoms with E-state index in [1.54, 1.807) is 6.33 Å². The van der Waals surface area contributed by atoms with Gasteiger partial charge in [0.05, 0.1) is 0 Å². The fourth-order valence-corrected chi connectivity index (χ4v) is 1.60. The van der Waals surface area contributed by atoms with E-state index in [2.05, 4.69) is 31.8 Å². The Morgan fingerprint density at radius 2 is 2.21 bits per heavy atom. The maximum atomic E-state index is 5.67. The summed E-state index contributed by atoms with van der Waals surface area (Å²) < 4.78 is 2.00. The summed E-state index contributed by atoms with van der Waals surface area (Å²) in [4.78, 5) is 12.2. The first-order valence-electron chi connectivity index (χ1n) is 4.35. The molecule has 14 heavy (non-hydrogen) atoms. The van der Waals surface area contributed by atoms with Gasteiger partial charge in [-0.3, -0.25) is 0 Å². The average molecular weight is 251 g/mol. The molecular formula is C8H10AsN5. The van der Waals surface area contributed by atoms with Crippen molar-refractivity contribution in [2.75, 3.05) is 5.73 Å². The van der Waals surface area contributed by atoms with E-state index in [4.69, 9.17) is 5.73 Å². The van der Waals surface area contributed by atoms with Gasteiger partial charge in [0.15, 0.2) is 0 Å². The monoisotopic (exact) mass is 251 g/mol. The number of nitrogen functional groups attached to an aromatic ring is 1. The fourth-order valence-electron chi connectivity index (χ4n) is 1.30. The van der Waals surface area contributed by atoms with Crippen LogP contribution in [0.4, 0.5) is 5.82 Å². The Balaban J connectivity index is 2.42. The molecule has 0 aromatic carbocycles. The predicted molar refractivity (Wildman–Crippen MR) is 54.9 cm³/mol. The van der Waals surface area contributed by atoms with Crippen LogP contribution in [0.5, 0.6) is 0 Å². The van der Waals surface area contributed by atoms with Crippen LogP contribution >= 0.6 is 0 Å². The number of nitrogens with zero attached hydrogens (tertiary/aromatic N) is 4. The molecule has 2 aromatic heterocycles. The van der Waals surface area contributed by atoms with Gasteiger partial charge in [0.25, 0.3) is 0 Å². The summed E-state index contributed by atoms with van der Waals surface area (Å²) in [5, 5.41) is 1.09. The van der Waals surface area contributed by atoms with E-state index in [-0.39, 0.29) is 0 Å². The van der Waals surface area contributed by atoms with Gasteiger partial charge < -0.3 is 0 Å². The van der Waals surface area contributed by atoms with E-state index in [1.165, 1.54) is 6.33 Å². The molecule has 0 aliphatic heterocycles. The second-order valence-corrected chi connectivity index (χ2v) is 3.88. The molecule has 0 aliphatic rings. The number of fused-ring (bicyclic) bond motifs is 1. The number of hydrogen-bond acceptors (Lipinski definition) is 4. The Kier molecular flexibility index (Phi) is 2.68. The van der Waals surface area contributed by atoms with Gasteiger partial charge in [0.1, 0.15) is 0 Å². The molecule has 0 bridgehead atoms. The van der Waals surface area contributed by atoms with E-state index >= 15 is 0 Å². The van der Waals surface area contributed by atoms with Gasteiger partial charge in [-0.2, -0.15) is 0 Å². The van der Waals surface area contributed by atoms with Crippen LogP contribution < -0.4 is 5.73 Å². The zero-order chi connectivity index (χ0) is 9.97. The minimum atomic E-state index is 0.445. The molecular weight excluding hydrogens is 241 g/mol. The van der Waals surface area contributed by atoms with Gasteiger partial charge in [-0.1, -0.05) is 0 Å². The van der Waals surface area contributed by atoms with Crippen LogP contribution in [0.1, 0.15) is 6.42 Å². The first kappa shape index (κ1) is 9.46. The van der Waals surface area contributed by atoms with Crippen LogP contribution in [0.2, 0.25) is 5.21 Å². The molecule has 0 atom stereocenters. The molecule has 2 radical (unpaired) electrons. The van der Waals surface area contributed by atoms with E-state index < -0.39 is 0 Å². The van der Waals surface area contributed by atoms with Crippen molar-refractivity contribution < 1.29 is 0 Å². The van der Waals surface area contributed by atoms with Crippen LogP contribution in [-0.4, -0.2) is 36.4 Å². The molecule has 5 nitrogen and oxygen atoms in total. The molecule has 2 aromatic rings. The summed E-state index contributed by atoms with van der Waals surface area (Å²) in [5.74, 6) is 0.445. The van der Waals surface area contributed by atoms with Crippen LogP contribution in [0.3, 0.4) is 0 Å². The van der Waals surface area contributed by atoms with Crippen molar-refractivity contribution in [2.45, 2.75) is 18.2 Å². The Labute approximate surface area is 90.2 Å². The van der Waals surface area contributed by atoms with E-state index in [1.807, 2.05) is 4.57 Å². The van der Waals surface area contributed by atoms with E-state index in [0.29, 0.717) is 11.3 Å². The molecule has 0 saturated carbocycles. The Morgan fingerprint density at radius 3 is 3.00 bits per heavy atom. The number of anilines is 1. The minimum absolute atomic E-state index is 0.445. The molecule has 0 amide bonds. The van der Waals surface area contributed by atoms with Crippen LogP contribution in [-0.2, 0) is 6.54 Å². The number of aromatic nitrogens is 4. The van der Waals surface area contributed by atoms with Crippen LogP contribution in [0, 0.1) is 0 Å². The topological polar surface area (TPSA) is 69.6 Å². The standard InChI is InChI=1S/C8H10AsN5/c9-2-1-3-14-5-13-6-7(10)11-4-12-8(6)14/h4-5H,1-3H2,(H2,10,11,12). The summed E-state index contributed by atoms with van der Waals surface area (Å²) >= 11 is 2.56. The Hall–Kier alpha value is -1.09. The molecule has 72 valence electrons. The first-order chi connectivity index (χ1) is 6.83. The van der Waals surface area contributed by atoms with E-state index in [9.17, 15) is 0 Å². The third kappa shape index (κ3) is 1.60. The van der Waals surface area contributed by atoms with E-state index in [0.717, 1.165) is 23.8 Å². The summed E-state index contributed by atoms with van der Waals surface area (Å²) in [6.07, 6.45) is 4.32. The van der Waals surface area contributed by atoms with Crippen molar-refractivity contribution in [3.8, 4) is 0 Å². The normalized spacial score (nSPS) is 10.9. The first-order valence-corrected chi connectivity index (χ1v) is 5.68. The van der Waals surface area contributed by atoms with Gasteiger partial charge in [0, 0.05) is 0 Å². The molecule has 6 heteroatoms. The van der Waals surface area contributed by atoms with Gasteiger partial charge >= 0.3 is 89.9 Å². The Morgan fingerprint density at radius 1 is 1.36 bits per heavy atom. The van der Waals surface area contributed by atoms with Gasteiger partial charge in [-0.15, -0.1) is 0 Å². The third-order valence-corrected chi connectivity index (χ3v) is 2.65. The van der Waals surface area contributed by atoms with Gasteiger partial charge in [-0.05, 0) is 0 Å². The molecule has 0 fully saturated rings. The van der Waals surface area contributed by atoms with Gasteiger partial charge in [-0.25, -0.2) is 0 Å². The Bertz CT molecular complexity index is 438. The molecule has 2 rings (SSSR count). The summed E-state index contributed by atoms with van der Waals surface area (Å²) in [5.41, 5.74) is 7.18. The van der Waals surface area contributed by atoms with Crippen molar-refractivity contribution in [2.24, 2.45) is 0 Å². The van der Waals surface area contributed by atoms with Crippen molar-refractivity contribution in [1.82, 2.24) is 19.5 Å². The summed E-state index contributed by atoms with van der Waals surface area (Å²) in [7, 11) is 0. The zero-order valence-electron chi connectivity index (χ0n) is 7.59. The van der Waals surface area contributed by atoms with Crippen molar-refractivity contribution in [3.05, 3.63) is 12.7 Å². The molecule has 0 saturated heterocycles. The second kappa shape index (κ2) is 3.96. The van der Waals surface area contributed by atoms with Crippen molar-refractivity contribution >= 4 is 33.8 Å². The maximum absolute atomic E-state index is 5.67. The van der Waals surface area contributed by atoms with Crippen LogP contribution in [0.25, 0.3) is 11.2 Å². The van der Waals surface area contributed by atoms with Crippen molar-refractivity contribution in [1.29, 1.82) is 0 Å².